The molecule has 0 atom stereocenters. The molecular weight excluding hydrogens is 174 g/mol. The molecule has 0 bridgehead atoms. The lowest BCUT2D eigenvalue weighted by molar-refractivity contribution is 1.07. The minimum atomic E-state index is 0.751. The topological polar surface area (TPSA) is 41.6 Å². The molecule has 0 aliphatic heterocycles. The summed E-state index contributed by atoms with van der Waals surface area (Å²) < 4.78 is 0. The van der Waals surface area contributed by atoms with Crippen LogP contribution in [-0.4, -0.2) is 15.0 Å². The summed E-state index contributed by atoms with van der Waals surface area (Å²) in [6, 6.07) is 3.15. The Bertz CT molecular complexity index is 482. The van der Waals surface area contributed by atoms with Crippen LogP contribution in [-0.2, 0) is 6.42 Å². The zero-order valence-corrected chi connectivity index (χ0v) is 8.39. The van der Waals surface area contributed by atoms with Crippen molar-refractivity contribution in [1.82, 2.24) is 15.0 Å². The van der Waals surface area contributed by atoms with Crippen molar-refractivity contribution in [3.63, 3.8) is 0 Å². The smallest absolute Gasteiger partial charge is 0.111 e. The van der Waals surface area contributed by atoms with E-state index >= 15 is 0 Å². The van der Waals surface area contributed by atoms with E-state index in [0.29, 0.717) is 0 Å². The van der Waals surface area contributed by atoms with Crippen molar-refractivity contribution in [2.24, 2.45) is 0 Å². The summed E-state index contributed by atoms with van der Waals surface area (Å²) in [5.74, 6) is 0.918. The number of imidazole rings is 1. The summed E-state index contributed by atoms with van der Waals surface area (Å²) in [5, 5.41) is 0. The molecule has 2 aromatic heterocycles. The zero-order chi connectivity index (χ0) is 10.1. The largest absolute Gasteiger partial charge is 0.341 e. The first kappa shape index (κ1) is 8.94. The van der Waals surface area contributed by atoms with Gasteiger partial charge in [0.25, 0.3) is 0 Å². The highest BCUT2D eigenvalue weighted by Gasteiger charge is 2.05. The summed E-state index contributed by atoms with van der Waals surface area (Å²) in [6.07, 6.45) is 2.58. The maximum absolute atomic E-state index is 4.42. The fourth-order valence-electron chi connectivity index (χ4n) is 1.52. The second kappa shape index (κ2) is 3.25. The monoisotopic (exact) mass is 186 g/mol. The number of aromatic nitrogens is 3. The van der Waals surface area contributed by atoms with Gasteiger partial charge in [0, 0.05) is 18.2 Å². The summed E-state index contributed by atoms with van der Waals surface area (Å²) in [7, 11) is 0. The molecule has 1 radical (unpaired) electrons. The number of nitrogens with one attached hydrogen (secondary N) is 1. The Morgan fingerprint density at radius 3 is 2.93 bits per heavy atom. The van der Waals surface area contributed by atoms with Crippen molar-refractivity contribution < 1.29 is 0 Å². The first-order valence-corrected chi connectivity index (χ1v) is 4.56. The maximum atomic E-state index is 4.42. The Morgan fingerprint density at radius 2 is 2.21 bits per heavy atom. The van der Waals surface area contributed by atoms with Gasteiger partial charge in [-0.25, -0.2) is 4.98 Å². The Labute approximate surface area is 82.9 Å². The molecule has 2 heterocycles. The van der Waals surface area contributed by atoms with E-state index in [1.807, 2.05) is 19.9 Å². The van der Waals surface area contributed by atoms with Gasteiger partial charge >= 0.3 is 0 Å². The SMILES string of the molecule is C=CCc1nc2c(C)nc(C)[c]c2[nH]1. The van der Waals surface area contributed by atoms with Crippen molar-refractivity contribution in [3.05, 3.63) is 35.9 Å². The molecule has 71 valence electrons. The van der Waals surface area contributed by atoms with Crippen LogP contribution in [0.1, 0.15) is 17.2 Å². The van der Waals surface area contributed by atoms with E-state index < -0.39 is 0 Å². The first-order chi connectivity index (χ1) is 6.70. The summed E-state index contributed by atoms with van der Waals surface area (Å²) in [5.41, 5.74) is 3.69. The van der Waals surface area contributed by atoms with Crippen molar-refractivity contribution in [2.75, 3.05) is 0 Å². The van der Waals surface area contributed by atoms with Crippen LogP contribution in [0.3, 0.4) is 0 Å². The maximum Gasteiger partial charge on any atom is 0.111 e. The second-order valence-electron chi connectivity index (χ2n) is 3.31. The van der Waals surface area contributed by atoms with Gasteiger partial charge < -0.3 is 4.98 Å². The van der Waals surface area contributed by atoms with Gasteiger partial charge in [0.1, 0.15) is 11.3 Å². The molecule has 0 aliphatic carbocycles. The molecule has 0 aliphatic rings. The van der Waals surface area contributed by atoms with Gasteiger partial charge in [-0.15, -0.1) is 6.58 Å². The van der Waals surface area contributed by atoms with Crippen molar-refractivity contribution in [3.8, 4) is 0 Å². The molecule has 2 aromatic rings. The van der Waals surface area contributed by atoms with Crippen LogP contribution in [0.25, 0.3) is 11.0 Å². The Morgan fingerprint density at radius 1 is 1.43 bits per heavy atom. The highest BCUT2D eigenvalue weighted by atomic mass is 14.9. The van der Waals surface area contributed by atoms with Crippen molar-refractivity contribution in [1.29, 1.82) is 0 Å². The molecule has 0 amide bonds. The zero-order valence-electron chi connectivity index (χ0n) is 8.39. The normalized spacial score (nSPS) is 10.7. The number of hydrogen-bond acceptors (Lipinski definition) is 2. The Kier molecular flexibility index (Phi) is 2.08. The molecule has 3 heteroatoms. The molecule has 0 fully saturated rings. The summed E-state index contributed by atoms with van der Waals surface area (Å²) in [6.45, 7) is 7.57. The van der Waals surface area contributed by atoms with Crippen molar-refractivity contribution in [2.45, 2.75) is 20.3 Å². The molecule has 2 rings (SSSR count). The molecule has 3 nitrogen and oxygen atoms in total. The standard InChI is InChI=1S/C11H12N3/c1-4-5-10-13-9-6-7(2)12-8(3)11(9)14-10/h4H,1,5H2,2-3H3,(H,13,14). The minimum Gasteiger partial charge on any atom is -0.341 e. The quantitative estimate of drug-likeness (QED) is 0.730. The van der Waals surface area contributed by atoms with Gasteiger partial charge in [-0.05, 0) is 13.8 Å². The number of rotatable bonds is 2. The van der Waals surface area contributed by atoms with E-state index in [2.05, 4.69) is 27.6 Å². The van der Waals surface area contributed by atoms with Crippen LogP contribution < -0.4 is 0 Å². The van der Waals surface area contributed by atoms with E-state index in [9.17, 15) is 0 Å². The molecule has 0 aromatic carbocycles. The average Bonchev–Trinajstić information content (AvgIpc) is 2.48. The van der Waals surface area contributed by atoms with Gasteiger partial charge in [-0.2, -0.15) is 0 Å². The van der Waals surface area contributed by atoms with Crippen LogP contribution in [0, 0.1) is 19.9 Å². The number of nitrogens with zero attached hydrogens (tertiary/aromatic N) is 2. The number of H-pyrrole nitrogens is 1. The highest BCUT2D eigenvalue weighted by Crippen LogP contribution is 2.15. The molecule has 0 saturated heterocycles. The Balaban J connectivity index is 2.64. The van der Waals surface area contributed by atoms with Gasteiger partial charge in [0.15, 0.2) is 0 Å². The third kappa shape index (κ3) is 1.41. The van der Waals surface area contributed by atoms with Crippen LogP contribution in [0.2, 0.25) is 0 Å². The second-order valence-corrected chi connectivity index (χ2v) is 3.31. The molecular formula is C11H12N3. The van der Waals surface area contributed by atoms with Crippen molar-refractivity contribution >= 4 is 11.0 Å². The molecule has 0 spiro atoms. The highest BCUT2D eigenvalue weighted by molar-refractivity contribution is 5.76. The third-order valence-electron chi connectivity index (χ3n) is 2.07. The van der Waals surface area contributed by atoms with E-state index in [-0.39, 0.29) is 0 Å². The Hall–Kier alpha value is -1.64. The van der Waals surface area contributed by atoms with E-state index in [4.69, 9.17) is 0 Å². The molecule has 14 heavy (non-hydrogen) atoms. The number of hydrogen-bond donors (Lipinski definition) is 1. The number of aryl methyl sites for hydroxylation is 2. The lowest BCUT2D eigenvalue weighted by Gasteiger charge is -1.94. The predicted octanol–water partition coefficient (Wildman–Crippen LogP) is 2.10. The number of pyridine rings is 1. The van der Waals surface area contributed by atoms with Gasteiger partial charge in [0.05, 0.1) is 11.2 Å². The van der Waals surface area contributed by atoms with E-state index in [1.54, 1.807) is 0 Å². The van der Waals surface area contributed by atoms with Crippen LogP contribution >= 0.6 is 0 Å². The van der Waals surface area contributed by atoms with Gasteiger partial charge in [-0.3, -0.25) is 4.98 Å². The lowest BCUT2D eigenvalue weighted by atomic mass is 10.3. The number of allylic oxidation sites excluding steroid dienone is 1. The summed E-state index contributed by atoms with van der Waals surface area (Å²) in [4.78, 5) is 11.9. The van der Waals surface area contributed by atoms with Crippen LogP contribution in [0.5, 0.6) is 0 Å². The first-order valence-electron chi connectivity index (χ1n) is 4.56. The number of fused-ring (bicyclic) bond motifs is 1. The molecule has 0 unspecified atom stereocenters. The number of aromatic amines is 1. The van der Waals surface area contributed by atoms with Gasteiger partial charge in [-0.1, -0.05) is 6.08 Å². The minimum absolute atomic E-state index is 0.751. The fourth-order valence-corrected chi connectivity index (χ4v) is 1.52. The average molecular weight is 186 g/mol. The fraction of sp³-hybridized carbons (Fsp3) is 0.273. The lowest BCUT2D eigenvalue weighted by Crippen LogP contribution is -1.87. The molecule has 0 saturated carbocycles. The third-order valence-corrected chi connectivity index (χ3v) is 2.07. The summed E-state index contributed by atoms with van der Waals surface area (Å²) >= 11 is 0. The van der Waals surface area contributed by atoms with Crippen LogP contribution in [0.15, 0.2) is 12.7 Å². The van der Waals surface area contributed by atoms with E-state index in [0.717, 1.165) is 34.7 Å². The molecule has 1 N–H and O–H groups in total. The predicted molar refractivity (Wildman–Crippen MR) is 56.1 cm³/mol. The van der Waals surface area contributed by atoms with Crippen LogP contribution in [0.4, 0.5) is 0 Å². The van der Waals surface area contributed by atoms with Gasteiger partial charge in [0.2, 0.25) is 0 Å². The van der Waals surface area contributed by atoms with E-state index in [1.165, 1.54) is 0 Å².